The fourth-order valence-electron chi connectivity index (χ4n) is 2.51. The Balaban J connectivity index is 1.70. The van der Waals surface area contributed by atoms with Crippen molar-refractivity contribution in [3.63, 3.8) is 0 Å². The number of aryl methyl sites for hydroxylation is 1. The second-order valence-corrected chi connectivity index (χ2v) is 5.97. The van der Waals surface area contributed by atoms with Crippen LogP contribution in [0.25, 0.3) is 0 Å². The number of pyridine rings is 1. The van der Waals surface area contributed by atoms with E-state index in [1.54, 1.807) is 0 Å². The van der Waals surface area contributed by atoms with Gasteiger partial charge in [0, 0.05) is 31.9 Å². The third kappa shape index (κ3) is 4.05. The molecule has 0 radical (unpaired) electrons. The van der Waals surface area contributed by atoms with E-state index >= 15 is 0 Å². The number of benzene rings is 1. The van der Waals surface area contributed by atoms with E-state index in [4.69, 9.17) is 0 Å². The van der Waals surface area contributed by atoms with Crippen molar-refractivity contribution < 1.29 is 0 Å². The average Bonchev–Trinajstić information content (AvgIpc) is 3.30. The highest BCUT2D eigenvalue weighted by Crippen LogP contribution is 2.21. The molecule has 3 nitrogen and oxygen atoms in total. The quantitative estimate of drug-likeness (QED) is 0.880. The molecule has 1 aromatic carbocycles. The molecular formula is C18H23N3. The highest BCUT2D eigenvalue weighted by Gasteiger charge is 2.20. The first-order valence-electron chi connectivity index (χ1n) is 7.67. The van der Waals surface area contributed by atoms with E-state index < -0.39 is 0 Å². The zero-order chi connectivity index (χ0) is 14.7. The first-order chi connectivity index (χ1) is 10.2. The Labute approximate surface area is 127 Å². The summed E-state index contributed by atoms with van der Waals surface area (Å²) < 4.78 is 0. The lowest BCUT2D eigenvalue weighted by Crippen LogP contribution is -2.20. The van der Waals surface area contributed by atoms with Gasteiger partial charge < -0.3 is 10.2 Å². The maximum absolute atomic E-state index is 4.67. The Kier molecular flexibility index (Phi) is 4.20. The van der Waals surface area contributed by atoms with Gasteiger partial charge in [-0.05, 0) is 43.0 Å². The Morgan fingerprint density at radius 2 is 1.90 bits per heavy atom. The van der Waals surface area contributed by atoms with Crippen molar-refractivity contribution in [1.82, 2.24) is 10.3 Å². The zero-order valence-electron chi connectivity index (χ0n) is 12.8. The van der Waals surface area contributed by atoms with Crippen LogP contribution in [0.4, 0.5) is 5.82 Å². The lowest BCUT2D eigenvalue weighted by Gasteiger charge is -2.20. The Hall–Kier alpha value is -1.87. The minimum absolute atomic E-state index is 0.740. The van der Waals surface area contributed by atoms with Crippen LogP contribution >= 0.6 is 0 Å². The predicted molar refractivity (Wildman–Crippen MR) is 87.4 cm³/mol. The van der Waals surface area contributed by atoms with Gasteiger partial charge in [0.25, 0.3) is 0 Å². The zero-order valence-corrected chi connectivity index (χ0v) is 12.8. The molecular weight excluding hydrogens is 258 g/mol. The molecule has 1 aliphatic carbocycles. The van der Waals surface area contributed by atoms with Gasteiger partial charge >= 0.3 is 0 Å². The Bertz CT molecular complexity index is 591. The fraction of sp³-hybridized carbons (Fsp3) is 0.389. The van der Waals surface area contributed by atoms with Gasteiger partial charge in [-0.1, -0.05) is 30.3 Å². The number of rotatable bonds is 6. The maximum atomic E-state index is 4.67. The molecule has 1 heterocycles. The molecule has 3 rings (SSSR count). The van der Waals surface area contributed by atoms with Gasteiger partial charge in [-0.25, -0.2) is 4.98 Å². The van der Waals surface area contributed by atoms with Crippen LogP contribution in [-0.4, -0.2) is 18.1 Å². The SMILES string of the molecule is Cc1cc(CNC2CC2)cc(N(C)Cc2ccccc2)n1. The van der Waals surface area contributed by atoms with Gasteiger partial charge in [0.1, 0.15) is 5.82 Å². The molecule has 0 amide bonds. The standard InChI is InChI=1S/C18H23N3/c1-14-10-16(12-19-17-8-9-17)11-18(20-14)21(2)13-15-6-4-3-5-7-15/h3-7,10-11,17,19H,8-9,12-13H2,1-2H3. The van der Waals surface area contributed by atoms with Crippen molar-refractivity contribution in [2.45, 2.75) is 38.9 Å². The molecule has 0 bridgehead atoms. The number of nitrogens with one attached hydrogen (secondary N) is 1. The minimum atomic E-state index is 0.740. The first kappa shape index (κ1) is 14.1. The molecule has 1 aromatic heterocycles. The first-order valence-corrected chi connectivity index (χ1v) is 7.67. The van der Waals surface area contributed by atoms with Crippen LogP contribution in [0, 0.1) is 6.92 Å². The third-order valence-corrected chi connectivity index (χ3v) is 3.83. The molecule has 110 valence electrons. The van der Waals surface area contributed by atoms with Gasteiger partial charge in [0.05, 0.1) is 0 Å². The van der Waals surface area contributed by atoms with E-state index in [0.29, 0.717) is 0 Å². The van der Waals surface area contributed by atoms with Crippen molar-refractivity contribution in [3.05, 3.63) is 59.3 Å². The van der Waals surface area contributed by atoms with Crippen molar-refractivity contribution >= 4 is 5.82 Å². The van der Waals surface area contributed by atoms with Gasteiger partial charge in [0.2, 0.25) is 0 Å². The predicted octanol–water partition coefficient (Wildman–Crippen LogP) is 3.28. The van der Waals surface area contributed by atoms with Crippen LogP contribution in [0.2, 0.25) is 0 Å². The van der Waals surface area contributed by atoms with Gasteiger partial charge in [-0.3, -0.25) is 0 Å². The summed E-state index contributed by atoms with van der Waals surface area (Å²) in [5, 5.41) is 3.57. The summed E-state index contributed by atoms with van der Waals surface area (Å²) in [6, 6.07) is 15.6. The average molecular weight is 281 g/mol. The Morgan fingerprint density at radius 1 is 1.14 bits per heavy atom. The molecule has 2 aromatic rings. The number of hydrogen-bond donors (Lipinski definition) is 1. The van der Waals surface area contributed by atoms with Crippen molar-refractivity contribution in [3.8, 4) is 0 Å². The van der Waals surface area contributed by atoms with Gasteiger partial charge in [-0.15, -0.1) is 0 Å². The number of anilines is 1. The van der Waals surface area contributed by atoms with Gasteiger partial charge in [0.15, 0.2) is 0 Å². The summed E-state index contributed by atoms with van der Waals surface area (Å²) in [4.78, 5) is 6.88. The smallest absolute Gasteiger partial charge is 0.129 e. The molecule has 0 spiro atoms. The van der Waals surface area contributed by atoms with Crippen LogP contribution < -0.4 is 10.2 Å². The molecule has 0 aliphatic heterocycles. The summed E-state index contributed by atoms with van der Waals surface area (Å²) in [5.74, 6) is 1.05. The monoisotopic (exact) mass is 281 g/mol. The second kappa shape index (κ2) is 6.27. The highest BCUT2D eigenvalue weighted by molar-refractivity contribution is 5.42. The maximum Gasteiger partial charge on any atom is 0.129 e. The van der Waals surface area contributed by atoms with Crippen LogP contribution in [0.3, 0.4) is 0 Å². The fourth-order valence-corrected chi connectivity index (χ4v) is 2.51. The number of nitrogens with zero attached hydrogens (tertiary/aromatic N) is 2. The normalized spacial score (nSPS) is 14.2. The Morgan fingerprint density at radius 3 is 2.62 bits per heavy atom. The van der Waals surface area contributed by atoms with E-state index in [1.807, 2.05) is 0 Å². The van der Waals surface area contributed by atoms with Crippen molar-refractivity contribution in [2.24, 2.45) is 0 Å². The largest absolute Gasteiger partial charge is 0.355 e. The van der Waals surface area contributed by atoms with Crippen molar-refractivity contribution in [1.29, 1.82) is 0 Å². The van der Waals surface area contributed by atoms with E-state index in [-0.39, 0.29) is 0 Å². The number of aromatic nitrogens is 1. The summed E-state index contributed by atoms with van der Waals surface area (Å²) in [5.41, 5.74) is 3.71. The molecule has 0 saturated heterocycles. The lowest BCUT2D eigenvalue weighted by atomic mass is 10.2. The number of hydrogen-bond acceptors (Lipinski definition) is 3. The third-order valence-electron chi connectivity index (χ3n) is 3.83. The molecule has 1 fully saturated rings. The van der Waals surface area contributed by atoms with Crippen LogP contribution in [-0.2, 0) is 13.1 Å². The molecule has 1 aliphatic rings. The van der Waals surface area contributed by atoms with Crippen molar-refractivity contribution in [2.75, 3.05) is 11.9 Å². The van der Waals surface area contributed by atoms with E-state index in [2.05, 4.69) is 71.6 Å². The van der Waals surface area contributed by atoms with Crippen LogP contribution in [0.1, 0.15) is 29.7 Å². The summed E-state index contributed by atoms with van der Waals surface area (Å²) in [6.45, 7) is 3.90. The highest BCUT2D eigenvalue weighted by atomic mass is 15.2. The summed E-state index contributed by atoms with van der Waals surface area (Å²) in [6.07, 6.45) is 2.65. The minimum Gasteiger partial charge on any atom is -0.355 e. The summed E-state index contributed by atoms with van der Waals surface area (Å²) in [7, 11) is 2.10. The molecule has 0 unspecified atom stereocenters. The molecule has 1 saturated carbocycles. The molecule has 3 heteroatoms. The molecule has 1 N–H and O–H groups in total. The van der Waals surface area contributed by atoms with Crippen LogP contribution in [0.15, 0.2) is 42.5 Å². The second-order valence-electron chi connectivity index (χ2n) is 5.97. The lowest BCUT2D eigenvalue weighted by molar-refractivity contribution is 0.686. The molecule has 21 heavy (non-hydrogen) atoms. The van der Waals surface area contributed by atoms with E-state index in [0.717, 1.165) is 30.6 Å². The van der Waals surface area contributed by atoms with E-state index in [9.17, 15) is 0 Å². The molecule has 0 atom stereocenters. The van der Waals surface area contributed by atoms with Gasteiger partial charge in [-0.2, -0.15) is 0 Å². The summed E-state index contributed by atoms with van der Waals surface area (Å²) >= 11 is 0. The topological polar surface area (TPSA) is 28.2 Å². The van der Waals surface area contributed by atoms with Crippen LogP contribution in [0.5, 0.6) is 0 Å². The van der Waals surface area contributed by atoms with E-state index in [1.165, 1.54) is 24.0 Å².